The predicted molar refractivity (Wildman–Crippen MR) is 213 cm³/mol. The molecule has 2 heterocycles. The lowest BCUT2D eigenvalue weighted by molar-refractivity contribution is 0.606. The molecule has 14 heteroatoms. The molecule has 5 rings (SSSR count). The smallest absolute Gasteiger partial charge is 0.143 e. The van der Waals surface area contributed by atoms with Crippen molar-refractivity contribution in [2.24, 2.45) is 0 Å². The summed E-state index contributed by atoms with van der Waals surface area (Å²) in [6.45, 7) is 4.43. The van der Waals surface area contributed by atoms with E-state index >= 15 is 0 Å². The van der Waals surface area contributed by atoms with E-state index in [0.717, 1.165) is 48.5 Å². The van der Waals surface area contributed by atoms with Crippen molar-refractivity contribution in [3.63, 3.8) is 0 Å². The van der Waals surface area contributed by atoms with E-state index in [-0.39, 0.29) is 40.2 Å². The van der Waals surface area contributed by atoms with E-state index < -0.39 is 0 Å². The molecule has 0 fully saturated rings. The second kappa shape index (κ2) is 17.9. The molecule has 4 nitrogen and oxygen atoms in total. The minimum atomic E-state index is 0.161. The molecule has 0 N–H and O–H groups in total. The van der Waals surface area contributed by atoms with Crippen LogP contribution in [0.1, 0.15) is 101 Å². The molecule has 0 aliphatic rings. The summed E-state index contributed by atoms with van der Waals surface area (Å²) in [6, 6.07) is 0. The van der Waals surface area contributed by atoms with E-state index in [2.05, 4.69) is 34.2 Å². The molecule has 0 aliphatic heterocycles. The van der Waals surface area contributed by atoms with E-state index in [9.17, 15) is 0 Å². The first-order valence-corrected chi connectivity index (χ1v) is 20.9. The fourth-order valence-corrected chi connectivity index (χ4v) is 10.8. The van der Waals surface area contributed by atoms with Gasteiger partial charge in [-0.2, -0.15) is 0 Å². The minimum absolute atomic E-state index is 0.161. The van der Waals surface area contributed by atoms with Crippen molar-refractivity contribution in [1.29, 1.82) is 0 Å². The van der Waals surface area contributed by atoms with Crippen LogP contribution in [0.2, 0.25) is 40.2 Å². The fourth-order valence-electron chi connectivity index (χ4n) is 5.80. The molecule has 0 bridgehead atoms. The van der Waals surface area contributed by atoms with Crippen molar-refractivity contribution >= 4 is 137 Å². The Hall–Kier alpha value is -0.380. The Morgan fingerprint density at radius 2 is 0.708 bits per heavy atom. The Balaban J connectivity index is 1.53. The second-order valence-corrected chi connectivity index (χ2v) is 16.9. The lowest BCUT2D eigenvalue weighted by Crippen LogP contribution is -1.94. The van der Waals surface area contributed by atoms with E-state index in [0.29, 0.717) is 42.7 Å². The van der Waals surface area contributed by atoms with Gasteiger partial charge in [0.15, 0.2) is 10.0 Å². The SMILES string of the molecule is CCCCCCCCc1nnc(-c2c(Cl)c(Cl)c3c(Cl)c4c(Cl)c(-c5nnc(CCCCCCCC)s5)c(Cl)c(Cl)c4c(Cl)c3c2Cl)s1. The summed E-state index contributed by atoms with van der Waals surface area (Å²) in [5.41, 5.74) is 0.855. The molecule has 0 atom stereocenters. The number of unbranched alkanes of at least 4 members (excludes halogenated alkanes) is 10. The molecule has 0 saturated heterocycles. The highest BCUT2D eigenvalue weighted by Gasteiger charge is 2.30. The molecule has 0 saturated carbocycles. The molecule has 0 radical (unpaired) electrons. The maximum atomic E-state index is 7.11. The lowest BCUT2D eigenvalue weighted by Gasteiger charge is -2.19. The number of nitrogens with zero attached hydrogens (tertiary/aromatic N) is 4. The van der Waals surface area contributed by atoms with Gasteiger partial charge in [0, 0.05) is 34.4 Å². The first-order valence-electron chi connectivity index (χ1n) is 16.2. The van der Waals surface area contributed by atoms with Crippen LogP contribution in [0, 0.1) is 0 Å². The van der Waals surface area contributed by atoms with Crippen LogP contribution in [0.25, 0.3) is 42.7 Å². The molecule has 5 aromatic rings. The molecule has 2 aromatic heterocycles. The summed E-state index contributed by atoms with van der Waals surface area (Å²) in [6.07, 6.45) is 15.9. The van der Waals surface area contributed by atoms with Crippen LogP contribution in [0.15, 0.2) is 0 Å². The topological polar surface area (TPSA) is 51.6 Å². The van der Waals surface area contributed by atoms with Crippen molar-refractivity contribution in [1.82, 2.24) is 20.4 Å². The zero-order chi connectivity index (χ0) is 34.5. The summed E-state index contributed by atoms with van der Waals surface area (Å²) in [5.74, 6) is 0. The average Bonchev–Trinajstić information content (AvgIpc) is 3.73. The monoisotopic (exact) mass is 842 g/mol. The Morgan fingerprint density at radius 1 is 0.375 bits per heavy atom. The van der Waals surface area contributed by atoms with Gasteiger partial charge in [-0.1, -0.05) is 194 Å². The third-order valence-electron chi connectivity index (χ3n) is 8.37. The van der Waals surface area contributed by atoms with E-state index in [1.807, 2.05) is 0 Å². The van der Waals surface area contributed by atoms with Gasteiger partial charge >= 0.3 is 0 Å². The number of rotatable bonds is 16. The fraction of sp³-hybridized carbons (Fsp3) is 0.471. The summed E-state index contributed by atoms with van der Waals surface area (Å²) in [4.78, 5) is 0. The van der Waals surface area contributed by atoms with Crippen molar-refractivity contribution in [2.75, 3.05) is 0 Å². The van der Waals surface area contributed by atoms with Gasteiger partial charge in [0.05, 0.1) is 51.3 Å². The number of hydrogen-bond donors (Lipinski definition) is 0. The van der Waals surface area contributed by atoms with Crippen LogP contribution < -0.4 is 0 Å². The predicted octanol–water partition coefficient (Wildman–Crippen LogP) is 16.1. The first kappa shape index (κ1) is 38.8. The van der Waals surface area contributed by atoms with Crippen LogP contribution in [-0.2, 0) is 12.8 Å². The summed E-state index contributed by atoms with van der Waals surface area (Å²) >= 11 is 58.9. The van der Waals surface area contributed by atoms with Crippen LogP contribution in [0.5, 0.6) is 0 Å². The van der Waals surface area contributed by atoms with Gasteiger partial charge in [-0.05, 0) is 12.8 Å². The third-order valence-corrected chi connectivity index (χ3v) is 13.6. The van der Waals surface area contributed by atoms with Crippen molar-refractivity contribution < 1.29 is 0 Å². The molecule has 0 amide bonds. The van der Waals surface area contributed by atoms with E-state index in [1.165, 1.54) is 74.0 Å². The Kier molecular flexibility index (Phi) is 14.5. The normalized spacial score (nSPS) is 11.9. The number of fused-ring (bicyclic) bond motifs is 2. The first-order chi connectivity index (χ1) is 23.1. The van der Waals surface area contributed by atoms with Crippen LogP contribution in [-0.4, -0.2) is 20.4 Å². The number of benzene rings is 3. The molecule has 48 heavy (non-hydrogen) atoms. The summed E-state index contributed by atoms with van der Waals surface area (Å²) < 4.78 is 0. The lowest BCUT2D eigenvalue weighted by atomic mass is 9.99. The van der Waals surface area contributed by atoms with Gasteiger partial charge in [0.1, 0.15) is 10.0 Å². The molecule has 0 unspecified atom stereocenters. The van der Waals surface area contributed by atoms with Crippen molar-refractivity contribution in [3.05, 3.63) is 50.2 Å². The third kappa shape index (κ3) is 8.14. The average molecular weight is 846 g/mol. The number of hydrogen-bond acceptors (Lipinski definition) is 6. The highest BCUT2D eigenvalue weighted by molar-refractivity contribution is 7.15. The maximum Gasteiger partial charge on any atom is 0.150 e. The Bertz CT molecular complexity index is 1790. The standard InChI is InChI=1S/C34H34Cl8N4S2/c1-3-5-7-9-11-13-15-17-43-45-33(47-17)23-27(37)19-21(29(39)31(23)41)26(36)20-22(25(19)35)30(40)32(42)24(28(20)38)34-46-44-18(48-34)16-14-12-10-8-6-4-2/h3-16H2,1-2H3. The van der Waals surface area contributed by atoms with Gasteiger partial charge in [0.25, 0.3) is 0 Å². The van der Waals surface area contributed by atoms with Crippen molar-refractivity contribution in [3.8, 4) is 21.1 Å². The van der Waals surface area contributed by atoms with Gasteiger partial charge in [-0.3, -0.25) is 0 Å². The van der Waals surface area contributed by atoms with Gasteiger partial charge < -0.3 is 0 Å². The van der Waals surface area contributed by atoms with Gasteiger partial charge in [0.2, 0.25) is 0 Å². The molecular formula is C34H34Cl8N4S2. The van der Waals surface area contributed by atoms with Gasteiger partial charge in [-0.25, -0.2) is 0 Å². The quantitative estimate of drug-likeness (QED) is 0.0564. The maximum absolute atomic E-state index is 7.11. The zero-order valence-corrected chi connectivity index (χ0v) is 34.2. The highest BCUT2D eigenvalue weighted by atomic mass is 35.5. The minimum Gasteiger partial charge on any atom is -0.143 e. The van der Waals surface area contributed by atoms with Gasteiger partial charge in [-0.15, -0.1) is 20.4 Å². The van der Waals surface area contributed by atoms with E-state index in [4.69, 9.17) is 92.8 Å². The Labute approximate surface area is 329 Å². The molecule has 0 aliphatic carbocycles. The van der Waals surface area contributed by atoms with Crippen LogP contribution >= 0.6 is 115 Å². The molecule has 3 aromatic carbocycles. The molecule has 258 valence electrons. The van der Waals surface area contributed by atoms with Crippen LogP contribution in [0.3, 0.4) is 0 Å². The van der Waals surface area contributed by atoms with Crippen molar-refractivity contribution in [2.45, 2.75) is 104 Å². The Morgan fingerprint density at radius 3 is 1.08 bits per heavy atom. The highest BCUT2D eigenvalue weighted by Crippen LogP contribution is 2.57. The molecule has 0 spiro atoms. The summed E-state index contributed by atoms with van der Waals surface area (Å²) in [5, 5.41) is 23.4. The second-order valence-electron chi connectivity index (χ2n) is 11.8. The number of halogens is 8. The zero-order valence-electron chi connectivity index (χ0n) is 26.5. The number of aryl methyl sites for hydroxylation is 2. The largest absolute Gasteiger partial charge is 0.150 e. The summed E-state index contributed by atoms with van der Waals surface area (Å²) in [7, 11) is 0. The number of aromatic nitrogens is 4. The van der Waals surface area contributed by atoms with Crippen LogP contribution in [0.4, 0.5) is 0 Å². The molecular weight excluding hydrogens is 812 g/mol. The van der Waals surface area contributed by atoms with E-state index in [1.54, 1.807) is 0 Å².